The summed E-state index contributed by atoms with van der Waals surface area (Å²) in [6, 6.07) is 22.8. The van der Waals surface area contributed by atoms with Crippen LogP contribution in [0.25, 0.3) is 0 Å². The molecule has 0 saturated heterocycles. The van der Waals surface area contributed by atoms with Gasteiger partial charge in [0, 0.05) is 23.1 Å². The molecule has 0 aliphatic carbocycles. The van der Waals surface area contributed by atoms with E-state index < -0.39 is 12.1 Å². The first kappa shape index (κ1) is 24.0. The first-order valence-corrected chi connectivity index (χ1v) is 11.4. The second kappa shape index (κ2) is 11.8. The van der Waals surface area contributed by atoms with E-state index in [-0.39, 0.29) is 5.91 Å². The third-order valence-corrected chi connectivity index (χ3v) is 5.66. The molecule has 0 unspecified atom stereocenters. The number of ether oxygens (including phenoxy) is 1. The number of aryl methyl sites for hydroxylation is 1. The molecule has 0 spiro atoms. The zero-order valence-electron chi connectivity index (χ0n) is 18.3. The Morgan fingerprint density at radius 3 is 2.50 bits per heavy atom. The van der Waals surface area contributed by atoms with Crippen LogP contribution >= 0.6 is 15.9 Å². The molecule has 2 atom stereocenters. The van der Waals surface area contributed by atoms with E-state index in [0.717, 1.165) is 26.9 Å². The smallest absolute Gasteiger partial charge is 0.251 e. The third kappa shape index (κ3) is 7.19. The van der Waals surface area contributed by atoms with Crippen LogP contribution in [-0.2, 0) is 13.0 Å². The van der Waals surface area contributed by atoms with Crippen LogP contribution in [0.1, 0.15) is 27.0 Å². The van der Waals surface area contributed by atoms with Crippen LogP contribution in [0, 0.1) is 6.92 Å². The molecule has 0 aliphatic heterocycles. The van der Waals surface area contributed by atoms with Crippen molar-refractivity contribution in [3.05, 3.63) is 99.5 Å². The average Bonchev–Trinajstić information content (AvgIpc) is 2.78. The standard InChI is InChI=1S/C26H29BrN2O3/c1-18-11-21(15-22(27)12-18)26(31)29-24(14-19-7-4-3-5-8-19)25(30)17-28-16-20-9-6-10-23(13-20)32-2/h3-13,15,24-25,28,30H,14,16-17H2,1-2H3,(H,29,31)/t24-,25+/m1/s1. The Hall–Kier alpha value is -2.67. The van der Waals surface area contributed by atoms with Crippen molar-refractivity contribution in [1.29, 1.82) is 0 Å². The lowest BCUT2D eigenvalue weighted by Gasteiger charge is -2.25. The molecule has 168 valence electrons. The minimum atomic E-state index is -0.766. The first-order valence-electron chi connectivity index (χ1n) is 10.6. The van der Waals surface area contributed by atoms with Crippen molar-refractivity contribution < 1.29 is 14.6 Å². The lowest BCUT2D eigenvalue weighted by atomic mass is 10.00. The number of rotatable bonds is 10. The van der Waals surface area contributed by atoms with Crippen molar-refractivity contribution in [2.24, 2.45) is 0 Å². The zero-order valence-corrected chi connectivity index (χ0v) is 19.9. The van der Waals surface area contributed by atoms with E-state index in [0.29, 0.717) is 25.1 Å². The largest absolute Gasteiger partial charge is 0.497 e. The van der Waals surface area contributed by atoms with Crippen LogP contribution in [0.15, 0.2) is 77.3 Å². The quantitative estimate of drug-likeness (QED) is 0.392. The van der Waals surface area contributed by atoms with Crippen molar-refractivity contribution >= 4 is 21.8 Å². The molecule has 3 rings (SSSR count). The van der Waals surface area contributed by atoms with Gasteiger partial charge in [-0.05, 0) is 60.4 Å². The van der Waals surface area contributed by atoms with Crippen molar-refractivity contribution in [3.63, 3.8) is 0 Å². The van der Waals surface area contributed by atoms with Gasteiger partial charge in [0.15, 0.2) is 0 Å². The number of aliphatic hydroxyl groups excluding tert-OH is 1. The molecule has 0 radical (unpaired) electrons. The number of aliphatic hydroxyl groups is 1. The van der Waals surface area contributed by atoms with Crippen molar-refractivity contribution in [2.75, 3.05) is 13.7 Å². The molecule has 0 heterocycles. The van der Waals surface area contributed by atoms with Gasteiger partial charge in [-0.15, -0.1) is 0 Å². The van der Waals surface area contributed by atoms with E-state index in [4.69, 9.17) is 4.74 Å². The summed E-state index contributed by atoms with van der Waals surface area (Å²) < 4.78 is 6.11. The van der Waals surface area contributed by atoms with E-state index in [1.165, 1.54) is 0 Å². The molecular weight excluding hydrogens is 468 g/mol. The molecule has 3 aromatic carbocycles. The molecule has 0 bridgehead atoms. The highest BCUT2D eigenvalue weighted by atomic mass is 79.9. The monoisotopic (exact) mass is 496 g/mol. The molecule has 3 aromatic rings. The topological polar surface area (TPSA) is 70.6 Å². The number of hydrogen-bond acceptors (Lipinski definition) is 4. The van der Waals surface area contributed by atoms with Gasteiger partial charge in [0.1, 0.15) is 5.75 Å². The highest BCUT2D eigenvalue weighted by Gasteiger charge is 2.22. The SMILES string of the molecule is COc1cccc(CNC[C@H](O)[C@@H](Cc2ccccc2)NC(=O)c2cc(C)cc(Br)c2)c1. The minimum Gasteiger partial charge on any atom is -0.497 e. The highest BCUT2D eigenvalue weighted by molar-refractivity contribution is 9.10. The molecule has 32 heavy (non-hydrogen) atoms. The van der Waals surface area contributed by atoms with Gasteiger partial charge in [0.2, 0.25) is 0 Å². The molecular formula is C26H29BrN2O3. The molecule has 0 saturated carbocycles. The number of halogens is 1. The summed E-state index contributed by atoms with van der Waals surface area (Å²) in [5, 5.41) is 17.3. The number of nitrogens with one attached hydrogen (secondary N) is 2. The summed E-state index contributed by atoms with van der Waals surface area (Å²) in [5.74, 6) is 0.588. The highest BCUT2D eigenvalue weighted by Crippen LogP contribution is 2.16. The Morgan fingerprint density at radius 1 is 1.03 bits per heavy atom. The van der Waals surface area contributed by atoms with Gasteiger partial charge in [-0.25, -0.2) is 0 Å². The van der Waals surface area contributed by atoms with Crippen LogP contribution in [0.2, 0.25) is 0 Å². The maximum atomic E-state index is 12.9. The number of hydrogen-bond donors (Lipinski definition) is 3. The van der Waals surface area contributed by atoms with E-state index in [9.17, 15) is 9.90 Å². The van der Waals surface area contributed by atoms with E-state index >= 15 is 0 Å². The van der Waals surface area contributed by atoms with Crippen LogP contribution in [0.3, 0.4) is 0 Å². The molecule has 6 heteroatoms. The Bertz CT molecular complexity index is 1010. The summed E-state index contributed by atoms with van der Waals surface area (Å²) in [5.41, 5.74) is 3.66. The number of carbonyl (C=O) groups is 1. The fourth-order valence-electron chi connectivity index (χ4n) is 3.56. The normalized spacial score (nSPS) is 12.8. The molecule has 3 N–H and O–H groups in total. The Morgan fingerprint density at radius 2 is 1.78 bits per heavy atom. The Labute approximate surface area is 198 Å². The van der Waals surface area contributed by atoms with Crippen molar-refractivity contribution in [3.8, 4) is 5.75 Å². The molecule has 0 fully saturated rings. The number of carbonyl (C=O) groups excluding carboxylic acids is 1. The summed E-state index contributed by atoms with van der Waals surface area (Å²) in [6.07, 6.45) is -0.236. The number of methoxy groups -OCH3 is 1. The van der Waals surface area contributed by atoms with Crippen LogP contribution in [0.4, 0.5) is 0 Å². The van der Waals surface area contributed by atoms with Crippen molar-refractivity contribution in [2.45, 2.75) is 32.0 Å². The summed E-state index contributed by atoms with van der Waals surface area (Å²) in [6.45, 7) is 2.87. The fraction of sp³-hybridized carbons (Fsp3) is 0.269. The van der Waals surface area contributed by atoms with Gasteiger partial charge in [-0.3, -0.25) is 4.79 Å². The fourth-order valence-corrected chi connectivity index (χ4v) is 4.17. The molecule has 0 aliphatic rings. The second-order valence-electron chi connectivity index (χ2n) is 7.84. The summed E-state index contributed by atoms with van der Waals surface area (Å²) >= 11 is 3.45. The van der Waals surface area contributed by atoms with Gasteiger partial charge in [-0.2, -0.15) is 0 Å². The number of benzene rings is 3. The maximum Gasteiger partial charge on any atom is 0.251 e. The second-order valence-corrected chi connectivity index (χ2v) is 8.75. The minimum absolute atomic E-state index is 0.206. The van der Waals surface area contributed by atoms with Gasteiger partial charge in [-0.1, -0.05) is 58.4 Å². The average molecular weight is 497 g/mol. The van der Waals surface area contributed by atoms with Gasteiger partial charge in [0.25, 0.3) is 5.91 Å². The maximum absolute atomic E-state index is 12.9. The zero-order chi connectivity index (χ0) is 22.9. The predicted molar refractivity (Wildman–Crippen MR) is 131 cm³/mol. The van der Waals surface area contributed by atoms with E-state index in [1.54, 1.807) is 13.2 Å². The number of amides is 1. The van der Waals surface area contributed by atoms with E-state index in [2.05, 4.69) is 26.6 Å². The summed E-state index contributed by atoms with van der Waals surface area (Å²) in [4.78, 5) is 12.9. The van der Waals surface area contributed by atoms with Crippen LogP contribution in [0.5, 0.6) is 5.75 Å². The van der Waals surface area contributed by atoms with E-state index in [1.807, 2.05) is 73.7 Å². The van der Waals surface area contributed by atoms with Crippen LogP contribution < -0.4 is 15.4 Å². The predicted octanol–water partition coefficient (Wildman–Crippen LogP) is 4.26. The van der Waals surface area contributed by atoms with Crippen molar-refractivity contribution in [1.82, 2.24) is 10.6 Å². The van der Waals surface area contributed by atoms with Gasteiger partial charge >= 0.3 is 0 Å². The third-order valence-electron chi connectivity index (χ3n) is 5.20. The van der Waals surface area contributed by atoms with Gasteiger partial charge in [0.05, 0.1) is 19.3 Å². The lowest BCUT2D eigenvalue weighted by molar-refractivity contribution is 0.0830. The lowest BCUT2D eigenvalue weighted by Crippen LogP contribution is -2.48. The molecule has 1 amide bonds. The molecule has 0 aromatic heterocycles. The Balaban J connectivity index is 1.67. The first-order chi connectivity index (χ1) is 15.4. The molecule has 5 nitrogen and oxygen atoms in total. The van der Waals surface area contributed by atoms with Crippen LogP contribution in [-0.4, -0.2) is 36.8 Å². The van der Waals surface area contributed by atoms with Gasteiger partial charge < -0.3 is 20.5 Å². The summed E-state index contributed by atoms with van der Waals surface area (Å²) in [7, 11) is 1.64. The Kier molecular flexibility index (Phi) is 8.85.